The largest absolute Gasteiger partial charge is 0.497 e. The van der Waals surface area contributed by atoms with Gasteiger partial charge < -0.3 is 10.5 Å². The quantitative estimate of drug-likeness (QED) is 0.679. The lowest BCUT2D eigenvalue weighted by Gasteiger charge is -2.27. The van der Waals surface area contributed by atoms with Crippen LogP contribution in [0.5, 0.6) is 5.75 Å². The van der Waals surface area contributed by atoms with E-state index in [-0.39, 0.29) is 11.7 Å². The Morgan fingerprint density at radius 1 is 1.33 bits per heavy atom. The fourth-order valence-corrected chi connectivity index (χ4v) is 4.06. The zero-order chi connectivity index (χ0) is 15.6. The van der Waals surface area contributed by atoms with Crippen molar-refractivity contribution in [3.05, 3.63) is 23.8 Å². The highest BCUT2D eigenvalue weighted by Gasteiger charge is 2.33. The minimum absolute atomic E-state index is 0.0662. The van der Waals surface area contributed by atoms with Crippen molar-refractivity contribution >= 4 is 21.3 Å². The number of rotatable bonds is 4. The van der Waals surface area contributed by atoms with Crippen LogP contribution in [0.15, 0.2) is 18.2 Å². The van der Waals surface area contributed by atoms with Gasteiger partial charge in [-0.25, -0.2) is 8.42 Å². The maximum atomic E-state index is 12.6. The van der Waals surface area contributed by atoms with Crippen LogP contribution in [0.4, 0.5) is 5.69 Å². The molecule has 5 nitrogen and oxygen atoms in total. The van der Waals surface area contributed by atoms with E-state index in [0.29, 0.717) is 29.8 Å². The van der Waals surface area contributed by atoms with Crippen LogP contribution in [-0.4, -0.2) is 32.8 Å². The van der Waals surface area contributed by atoms with Crippen molar-refractivity contribution < 1.29 is 17.9 Å². The third-order valence-electron chi connectivity index (χ3n) is 4.13. The fraction of sp³-hybridized carbons (Fsp3) is 0.533. The first-order valence-corrected chi connectivity index (χ1v) is 8.95. The molecule has 0 saturated heterocycles. The summed E-state index contributed by atoms with van der Waals surface area (Å²) in [6.07, 6.45) is 3.75. The number of nitrogens with two attached hydrogens (primary N) is 1. The van der Waals surface area contributed by atoms with E-state index < -0.39 is 15.1 Å². The normalized spacial score (nSPS) is 22.8. The molecule has 0 bridgehead atoms. The van der Waals surface area contributed by atoms with Gasteiger partial charge in [0.05, 0.1) is 12.4 Å². The van der Waals surface area contributed by atoms with E-state index in [9.17, 15) is 13.2 Å². The van der Waals surface area contributed by atoms with E-state index in [4.69, 9.17) is 10.5 Å². The lowest BCUT2D eigenvalue weighted by atomic mass is 9.83. The van der Waals surface area contributed by atoms with E-state index in [2.05, 4.69) is 0 Å². The summed E-state index contributed by atoms with van der Waals surface area (Å²) in [5.41, 5.74) is 6.74. The number of nitrogen functional groups attached to an aromatic ring is 1. The van der Waals surface area contributed by atoms with E-state index in [1.165, 1.54) is 13.4 Å². The highest BCUT2D eigenvalue weighted by molar-refractivity contribution is 7.91. The van der Waals surface area contributed by atoms with Gasteiger partial charge in [-0.3, -0.25) is 4.79 Å². The summed E-state index contributed by atoms with van der Waals surface area (Å²) in [5.74, 6) is 0.263. The zero-order valence-corrected chi connectivity index (χ0v) is 13.2. The Morgan fingerprint density at radius 2 is 2.05 bits per heavy atom. The van der Waals surface area contributed by atoms with Crippen LogP contribution < -0.4 is 10.5 Å². The molecule has 2 unspecified atom stereocenters. The molecule has 0 aromatic heterocycles. The number of sulfone groups is 1. The smallest absolute Gasteiger partial charge is 0.168 e. The van der Waals surface area contributed by atoms with Crippen molar-refractivity contribution in [3.63, 3.8) is 0 Å². The summed E-state index contributed by atoms with van der Waals surface area (Å²) in [5, 5.41) is -0.417. The summed E-state index contributed by atoms with van der Waals surface area (Å²) in [6.45, 7) is 0. The molecule has 0 heterocycles. The fourth-order valence-electron chi connectivity index (χ4n) is 2.88. The Kier molecular flexibility index (Phi) is 4.56. The number of anilines is 1. The highest BCUT2D eigenvalue weighted by Crippen LogP contribution is 2.32. The second-order valence-corrected chi connectivity index (χ2v) is 7.96. The van der Waals surface area contributed by atoms with E-state index >= 15 is 0 Å². The third kappa shape index (κ3) is 3.56. The van der Waals surface area contributed by atoms with Crippen molar-refractivity contribution in [2.75, 3.05) is 19.1 Å². The minimum Gasteiger partial charge on any atom is -0.497 e. The Bertz CT molecular complexity index is 639. The molecule has 0 radical (unpaired) electrons. The number of hydrogen-bond donors (Lipinski definition) is 1. The molecule has 0 amide bonds. The molecule has 1 aliphatic rings. The maximum Gasteiger partial charge on any atom is 0.168 e. The molecule has 1 fully saturated rings. The van der Waals surface area contributed by atoms with Crippen molar-refractivity contribution in [1.29, 1.82) is 0 Å². The van der Waals surface area contributed by atoms with Gasteiger partial charge in [0.15, 0.2) is 5.78 Å². The van der Waals surface area contributed by atoms with Crippen LogP contribution in [0.3, 0.4) is 0 Å². The van der Waals surface area contributed by atoms with Gasteiger partial charge in [-0.2, -0.15) is 0 Å². The molecular formula is C15H21NO4S. The Balaban J connectivity index is 2.20. The Labute approximate surface area is 125 Å². The van der Waals surface area contributed by atoms with Crippen molar-refractivity contribution in [1.82, 2.24) is 0 Å². The van der Waals surface area contributed by atoms with Crippen molar-refractivity contribution in [2.24, 2.45) is 5.92 Å². The van der Waals surface area contributed by atoms with Gasteiger partial charge in [0.1, 0.15) is 15.6 Å². The van der Waals surface area contributed by atoms with E-state index in [1.807, 2.05) is 0 Å². The lowest BCUT2D eigenvalue weighted by molar-refractivity contribution is 0.0892. The molecule has 0 aliphatic heterocycles. The lowest BCUT2D eigenvalue weighted by Crippen LogP contribution is -2.31. The molecule has 1 saturated carbocycles. The first-order chi connectivity index (χ1) is 9.82. The second kappa shape index (κ2) is 6.05. The summed E-state index contributed by atoms with van der Waals surface area (Å²) in [7, 11) is -1.56. The monoisotopic (exact) mass is 311 g/mol. The van der Waals surface area contributed by atoms with Crippen LogP contribution in [0.2, 0.25) is 0 Å². The van der Waals surface area contributed by atoms with Crippen LogP contribution in [0.1, 0.15) is 36.0 Å². The van der Waals surface area contributed by atoms with Crippen LogP contribution >= 0.6 is 0 Å². The Morgan fingerprint density at radius 3 is 2.62 bits per heavy atom. The summed E-state index contributed by atoms with van der Waals surface area (Å²) >= 11 is 0. The maximum absolute atomic E-state index is 12.6. The molecule has 2 rings (SSSR count). The number of carbonyl (C=O) groups is 1. The summed E-state index contributed by atoms with van der Waals surface area (Å²) < 4.78 is 28.4. The first kappa shape index (κ1) is 15.8. The predicted molar refractivity (Wildman–Crippen MR) is 82.3 cm³/mol. The SMILES string of the molecule is COc1ccc(C(=O)C2CCCC(S(C)(=O)=O)C2)c(N)c1. The molecule has 1 aromatic rings. The van der Waals surface area contributed by atoms with Gasteiger partial charge in [0, 0.05) is 29.5 Å². The standard InChI is InChI=1S/C15H21NO4S/c1-20-11-6-7-13(14(16)9-11)15(17)10-4-3-5-12(8-10)21(2,18)19/h6-7,9-10,12H,3-5,8,16H2,1-2H3. The van der Waals surface area contributed by atoms with Gasteiger partial charge in [-0.15, -0.1) is 0 Å². The van der Waals surface area contributed by atoms with Gasteiger partial charge in [0.25, 0.3) is 0 Å². The topological polar surface area (TPSA) is 86.5 Å². The van der Waals surface area contributed by atoms with Gasteiger partial charge >= 0.3 is 0 Å². The molecule has 2 N–H and O–H groups in total. The average Bonchev–Trinajstić information content (AvgIpc) is 2.45. The third-order valence-corrected chi connectivity index (χ3v) is 5.77. The van der Waals surface area contributed by atoms with E-state index in [1.54, 1.807) is 18.2 Å². The predicted octanol–water partition coefficient (Wildman–Crippen LogP) is 2.06. The van der Waals surface area contributed by atoms with E-state index in [0.717, 1.165) is 12.8 Å². The average molecular weight is 311 g/mol. The number of hydrogen-bond acceptors (Lipinski definition) is 5. The zero-order valence-electron chi connectivity index (χ0n) is 12.3. The highest BCUT2D eigenvalue weighted by atomic mass is 32.2. The number of benzene rings is 1. The van der Waals surface area contributed by atoms with Crippen LogP contribution in [0.25, 0.3) is 0 Å². The minimum atomic E-state index is -3.10. The molecular weight excluding hydrogens is 290 g/mol. The first-order valence-electron chi connectivity index (χ1n) is 6.99. The number of carbonyl (C=O) groups excluding carboxylic acids is 1. The number of ether oxygens (including phenoxy) is 1. The Hall–Kier alpha value is -1.56. The van der Waals surface area contributed by atoms with Crippen LogP contribution in [-0.2, 0) is 9.84 Å². The molecule has 1 aliphatic carbocycles. The molecule has 6 heteroatoms. The van der Waals surface area contributed by atoms with Crippen molar-refractivity contribution in [3.8, 4) is 5.75 Å². The summed E-state index contributed by atoms with van der Waals surface area (Å²) in [4.78, 5) is 12.6. The van der Waals surface area contributed by atoms with Gasteiger partial charge in [-0.1, -0.05) is 6.42 Å². The summed E-state index contributed by atoms with van der Waals surface area (Å²) in [6, 6.07) is 4.96. The number of Topliss-reactive ketones (excluding diaryl/α,β-unsaturated/α-hetero) is 1. The molecule has 2 atom stereocenters. The van der Waals surface area contributed by atoms with Crippen molar-refractivity contribution in [2.45, 2.75) is 30.9 Å². The van der Waals surface area contributed by atoms with Crippen LogP contribution in [0, 0.1) is 5.92 Å². The molecule has 0 spiro atoms. The number of methoxy groups -OCH3 is 1. The van der Waals surface area contributed by atoms with Gasteiger partial charge in [0.2, 0.25) is 0 Å². The van der Waals surface area contributed by atoms with Gasteiger partial charge in [-0.05, 0) is 31.4 Å². The molecule has 116 valence electrons. The molecule has 21 heavy (non-hydrogen) atoms. The second-order valence-electron chi connectivity index (χ2n) is 5.63. The number of ketones is 1. The molecule has 1 aromatic carbocycles.